The molecular formula is C28H30ClN3O2. The number of carbonyl (C=O) groups is 1. The van der Waals surface area contributed by atoms with Crippen molar-refractivity contribution >= 4 is 28.5 Å². The maximum atomic E-state index is 12.2. The number of nitrogens with one attached hydrogen (secondary N) is 1. The Labute approximate surface area is 205 Å². The number of imidazole rings is 1. The Morgan fingerprint density at radius 3 is 2.53 bits per heavy atom. The summed E-state index contributed by atoms with van der Waals surface area (Å²) >= 11 is 6.14. The predicted molar refractivity (Wildman–Crippen MR) is 138 cm³/mol. The van der Waals surface area contributed by atoms with Gasteiger partial charge in [-0.05, 0) is 54.3 Å². The molecule has 0 unspecified atom stereocenters. The van der Waals surface area contributed by atoms with E-state index in [1.165, 1.54) is 5.56 Å². The number of ether oxygens (including phenoxy) is 1. The van der Waals surface area contributed by atoms with Gasteiger partial charge < -0.3 is 14.6 Å². The van der Waals surface area contributed by atoms with Crippen LogP contribution in [0.25, 0.3) is 11.0 Å². The zero-order chi connectivity index (χ0) is 23.8. The van der Waals surface area contributed by atoms with Gasteiger partial charge in [-0.15, -0.1) is 0 Å². The molecule has 0 saturated heterocycles. The molecule has 5 nitrogen and oxygen atoms in total. The van der Waals surface area contributed by atoms with Crippen LogP contribution >= 0.6 is 11.6 Å². The van der Waals surface area contributed by atoms with Gasteiger partial charge in [0, 0.05) is 24.5 Å². The summed E-state index contributed by atoms with van der Waals surface area (Å²) in [5.41, 5.74) is 4.25. The quantitative estimate of drug-likeness (QED) is 0.278. The van der Waals surface area contributed by atoms with Crippen LogP contribution in [-0.2, 0) is 24.2 Å². The fourth-order valence-corrected chi connectivity index (χ4v) is 4.30. The van der Waals surface area contributed by atoms with Crippen molar-refractivity contribution in [1.29, 1.82) is 0 Å². The SMILES string of the molecule is COc1ccc(Cn2c(CCCCCNC(=O)Cc3ccccc3Cl)nc3ccccc32)cc1. The molecule has 6 heteroatoms. The van der Waals surface area contributed by atoms with E-state index in [0.717, 1.165) is 60.4 Å². The summed E-state index contributed by atoms with van der Waals surface area (Å²) in [6.07, 6.45) is 4.20. The predicted octanol–water partition coefficient (Wildman–Crippen LogP) is 5.82. The molecular weight excluding hydrogens is 446 g/mol. The molecule has 0 aliphatic heterocycles. The number of halogens is 1. The highest BCUT2D eigenvalue weighted by Crippen LogP contribution is 2.21. The van der Waals surface area contributed by atoms with E-state index in [-0.39, 0.29) is 5.91 Å². The minimum Gasteiger partial charge on any atom is -0.497 e. The van der Waals surface area contributed by atoms with Gasteiger partial charge >= 0.3 is 0 Å². The lowest BCUT2D eigenvalue weighted by atomic mass is 10.1. The van der Waals surface area contributed by atoms with Gasteiger partial charge in [-0.2, -0.15) is 0 Å². The van der Waals surface area contributed by atoms with Crippen molar-refractivity contribution in [2.75, 3.05) is 13.7 Å². The minimum atomic E-state index is 0.00869. The molecule has 0 aliphatic rings. The Morgan fingerprint density at radius 2 is 1.74 bits per heavy atom. The van der Waals surface area contributed by atoms with E-state index < -0.39 is 0 Å². The van der Waals surface area contributed by atoms with E-state index in [1.54, 1.807) is 7.11 Å². The van der Waals surface area contributed by atoms with Gasteiger partial charge in [-0.3, -0.25) is 4.79 Å². The van der Waals surface area contributed by atoms with E-state index >= 15 is 0 Å². The first kappa shape index (κ1) is 23.8. The standard InChI is InChI=1S/C28H30ClN3O2/c1-34-23-16-14-21(15-17-23)20-32-26-12-7-6-11-25(26)31-27(32)13-3-2-8-18-30-28(33)19-22-9-4-5-10-24(22)29/h4-7,9-12,14-17H,2-3,8,13,18-20H2,1H3,(H,30,33). The summed E-state index contributed by atoms with van der Waals surface area (Å²) in [4.78, 5) is 17.1. The van der Waals surface area contributed by atoms with Crippen LogP contribution in [0, 0.1) is 0 Å². The van der Waals surface area contributed by atoms with E-state index in [0.29, 0.717) is 18.0 Å². The van der Waals surface area contributed by atoms with Crippen molar-refractivity contribution in [2.24, 2.45) is 0 Å². The highest BCUT2D eigenvalue weighted by molar-refractivity contribution is 6.31. The van der Waals surface area contributed by atoms with Crippen LogP contribution in [0.2, 0.25) is 5.02 Å². The monoisotopic (exact) mass is 475 g/mol. The van der Waals surface area contributed by atoms with Crippen LogP contribution in [0.3, 0.4) is 0 Å². The third-order valence-corrected chi connectivity index (χ3v) is 6.31. The molecule has 1 amide bonds. The van der Waals surface area contributed by atoms with Crippen LogP contribution in [0.5, 0.6) is 5.75 Å². The molecule has 0 saturated carbocycles. The highest BCUT2D eigenvalue weighted by Gasteiger charge is 2.11. The van der Waals surface area contributed by atoms with Gasteiger partial charge in [0.15, 0.2) is 0 Å². The number of benzene rings is 3. The van der Waals surface area contributed by atoms with Crippen molar-refractivity contribution < 1.29 is 9.53 Å². The smallest absolute Gasteiger partial charge is 0.224 e. The summed E-state index contributed by atoms with van der Waals surface area (Å²) in [7, 11) is 1.68. The molecule has 0 radical (unpaired) electrons. The van der Waals surface area contributed by atoms with Crippen molar-refractivity contribution in [1.82, 2.24) is 14.9 Å². The lowest BCUT2D eigenvalue weighted by molar-refractivity contribution is -0.120. The molecule has 1 aromatic heterocycles. The van der Waals surface area contributed by atoms with Crippen LogP contribution in [-0.4, -0.2) is 29.1 Å². The molecule has 4 aromatic rings. The molecule has 4 rings (SSSR count). The van der Waals surface area contributed by atoms with E-state index in [2.05, 4.69) is 40.2 Å². The molecule has 34 heavy (non-hydrogen) atoms. The maximum absolute atomic E-state index is 12.2. The fourth-order valence-electron chi connectivity index (χ4n) is 4.10. The van der Waals surface area contributed by atoms with Crippen LogP contribution < -0.4 is 10.1 Å². The number of hydrogen-bond acceptors (Lipinski definition) is 3. The first-order chi connectivity index (χ1) is 16.6. The van der Waals surface area contributed by atoms with E-state index in [1.807, 2.05) is 42.5 Å². The first-order valence-electron chi connectivity index (χ1n) is 11.7. The molecule has 0 atom stereocenters. The number of aromatic nitrogens is 2. The normalized spacial score (nSPS) is 11.0. The largest absolute Gasteiger partial charge is 0.497 e. The lowest BCUT2D eigenvalue weighted by Gasteiger charge is -2.10. The Kier molecular flexibility index (Phi) is 8.21. The summed E-state index contributed by atoms with van der Waals surface area (Å²) in [5.74, 6) is 1.97. The van der Waals surface area contributed by atoms with Gasteiger partial charge in [0.2, 0.25) is 5.91 Å². The summed E-state index contributed by atoms with van der Waals surface area (Å²) in [6, 6.07) is 23.9. The summed E-state index contributed by atoms with van der Waals surface area (Å²) < 4.78 is 7.59. The Balaban J connectivity index is 1.29. The number of unbranched alkanes of at least 4 members (excludes halogenated alkanes) is 2. The summed E-state index contributed by atoms with van der Waals surface area (Å²) in [6.45, 7) is 1.45. The average molecular weight is 476 g/mol. The van der Waals surface area contributed by atoms with Crippen molar-refractivity contribution in [3.8, 4) is 5.75 Å². The number of fused-ring (bicyclic) bond motifs is 1. The summed E-state index contributed by atoms with van der Waals surface area (Å²) in [5, 5.41) is 3.64. The average Bonchev–Trinajstić information content (AvgIpc) is 3.20. The number of methoxy groups -OCH3 is 1. The van der Waals surface area contributed by atoms with Crippen molar-refractivity contribution in [3.05, 3.63) is 94.8 Å². The Bertz CT molecular complexity index is 1230. The molecule has 0 fully saturated rings. The molecule has 3 aromatic carbocycles. The molecule has 0 aliphatic carbocycles. The third-order valence-electron chi connectivity index (χ3n) is 5.94. The van der Waals surface area contributed by atoms with Crippen LogP contribution in [0.15, 0.2) is 72.8 Å². The van der Waals surface area contributed by atoms with Gasteiger partial charge in [0.05, 0.1) is 24.6 Å². The second-order valence-electron chi connectivity index (χ2n) is 8.38. The molecule has 176 valence electrons. The second kappa shape index (κ2) is 11.7. The molecule has 1 N–H and O–H groups in total. The minimum absolute atomic E-state index is 0.00869. The van der Waals surface area contributed by atoms with Gasteiger partial charge in [0.1, 0.15) is 11.6 Å². The number of aryl methyl sites for hydroxylation is 1. The number of carbonyl (C=O) groups excluding carboxylic acids is 1. The van der Waals surface area contributed by atoms with Crippen LogP contribution in [0.4, 0.5) is 0 Å². The van der Waals surface area contributed by atoms with E-state index in [4.69, 9.17) is 21.3 Å². The molecule has 1 heterocycles. The molecule has 0 bridgehead atoms. The Hall–Kier alpha value is -3.31. The number of amides is 1. The first-order valence-corrected chi connectivity index (χ1v) is 12.1. The zero-order valence-electron chi connectivity index (χ0n) is 19.5. The maximum Gasteiger partial charge on any atom is 0.224 e. The number of hydrogen-bond donors (Lipinski definition) is 1. The van der Waals surface area contributed by atoms with Crippen molar-refractivity contribution in [2.45, 2.75) is 38.6 Å². The Morgan fingerprint density at radius 1 is 0.971 bits per heavy atom. The van der Waals surface area contributed by atoms with Crippen molar-refractivity contribution in [3.63, 3.8) is 0 Å². The number of nitrogens with zero attached hydrogens (tertiary/aromatic N) is 2. The molecule has 0 spiro atoms. The fraction of sp³-hybridized carbons (Fsp3) is 0.286. The number of para-hydroxylation sites is 2. The van der Waals surface area contributed by atoms with Crippen LogP contribution in [0.1, 0.15) is 36.2 Å². The van der Waals surface area contributed by atoms with E-state index in [9.17, 15) is 4.79 Å². The second-order valence-corrected chi connectivity index (χ2v) is 8.79. The van der Waals surface area contributed by atoms with Gasteiger partial charge in [0.25, 0.3) is 0 Å². The van der Waals surface area contributed by atoms with Gasteiger partial charge in [-0.25, -0.2) is 4.98 Å². The third kappa shape index (κ3) is 6.17. The zero-order valence-corrected chi connectivity index (χ0v) is 20.2. The topological polar surface area (TPSA) is 56.1 Å². The highest BCUT2D eigenvalue weighted by atomic mass is 35.5. The number of rotatable bonds is 11. The lowest BCUT2D eigenvalue weighted by Crippen LogP contribution is -2.26. The van der Waals surface area contributed by atoms with Gasteiger partial charge in [-0.1, -0.05) is 60.5 Å².